The molecule has 0 spiro atoms. The van der Waals surface area contributed by atoms with Gasteiger partial charge in [0.1, 0.15) is 18.1 Å². The van der Waals surface area contributed by atoms with Crippen LogP contribution in [0, 0.1) is 0 Å². The van der Waals surface area contributed by atoms with Gasteiger partial charge in [0.05, 0.1) is 20.3 Å². The standard InChI is InChI=1S/C22H27NO5/c1-4-6-17-7-12-20(21(15-17)25-3)28-16-22(24)23-13-14-27-19-10-8-18(9-11-19)26-5-2/h4,7-12,15H,1,5-6,13-14,16H2,2-3H3,(H,23,24). The van der Waals surface area contributed by atoms with Gasteiger partial charge in [-0.25, -0.2) is 0 Å². The van der Waals surface area contributed by atoms with Crippen molar-refractivity contribution in [3.05, 3.63) is 60.7 Å². The molecule has 0 unspecified atom stereocenters. The number of hydrogen-bond acceptors (Lipinski definition) is 5. The van der Waals surface area contributed by atoms with E-state index < -0.39 is 0 Å². The Balaban J connectivity index is 1.70. The van der Waals surface area contributed by atoms with Crippen LogP contribution in [-0.2, 0) is 11.2 Å². The molecule has 6 heteroatoms. The Kier molecular flexibility index (Phi) is 8.72. The van der Waals surface area contributed by atoms with Gasteiger partial charge in [-0.05, 0) is 55.3 Å². The summed E-state index contributed by atoms with van der Waals surface area (Å²) in [7, 11) is 1.57. The number of rotatable bonds is 12. The zero-order valence-corrected chi connectivity index (χ0v) is 16.4. The van der Waals surface area contributed by atoms with Gasteiger partial charge in [-0.1, -0.05) is 12.1 Å². The summed E-state index contributed by atoms with van der Waals surface area (Å²) in [5.74, 6) is 2.40. The third-order valence-corrected chi connectivity index (χ3v) is 3.79. The monoisotopic (exact) mass is 385 g/mol. The fourth-order valence-electron chi connectivity index (χ4n) is 2.48. The van der Waals surface area contributed by atoms with Crippen LogP contribution in [0.1, 0.15) is 12.5 Å². The number of amides is 1. The number of ether oxygens (including phenoxy) is 4. The largest absolute Gasteiger partial charge is 0.494 e. The maximum Gasteiger partial charge on any atom is 0.258 e. The third kappa shape index (κ3) is 6.87. The Hall–Kier alpha value is -3.15. The molecule has 0 saturated heterocycles. The Labute approximate surface area is 166 Å². The summed E-state index contributed by atoms with van der Waals surface area (Å²) < 4.78 is 21.8. The van der Waals surface area contributed by atoms with Crippen molar-refractivity contribution < 1.29 is 23.7 Å². The number of methoxy groups -OCH3 is 1. The molecule has 28 heavy (non-hydrogen) atoms. The quantitative estimate of drug-likeness (QED) is 0.448. The molecule has 1 N–H and O–H groups in total. The van der Waals surface area contributed by atoms with Gasteiger partial charge in [-0.2, -0.15) is 0 Å². The van der Waals surface area contributed by atoms with Gasteiger partial charge in [0.2, 0.25) is 0 Å². The van der Waals surface area contributed by atoms with Gasteiger partial charge >= 0.3 is 0 Å². The van der Waals surface area contributed by atoms with E-state index in [9.17, 15) is 4.79 Å². The Morgan fingerprint density at radius 2 is 1.75 bits per heavy atom. The zero-order valence-electron chi connectivity index (χ0n) is 16.4. The lowest BCUT2D eigenvalue weighted by Crippen LogP contribution is -2.32. The van der Waals surface area contributed by atoms with Gasteiger partial charge in [0.15, 0.2) is 18.1 Å². The highest BCUT2D eigenvalue weighted by atomic mass is 16.5. The van der Waals surface area contributed by atoms with Crippen molar-refractivity contribution in [2.24, 2.45) is 0 Å². The molecule has 0 saturated carbocycles. The smallest absolute Gasteiger partial charge is 0.258 e. The maximum atomic E-state index is 12.0. The average Bonchev–Trinajstić information content (AvgIpc) is 2.71. The normalized spacial score (nSPS) is 10.1. The van der Waals surface area contributed by atoms with Crippen molar-refractivity contribution in [1.82, 2.24) is 5.32 Å². The predicted molar refractivity (Wildman–Crippen MR) is 109 cm³/mol. The van der Waals surface area contributed by atoms with Crippen molar-refractivity contribution in [2.75, 3.05) is 33.5 Å². The van der Waals surface area contributed by atoms with Crippen LogP contribution in [0.5, 0.6) is 23.0 Å². The molecular weight excluding hydrogens is 358 g/mol. The topological polar surface area (TPSA) is 66.0 Å². The lowest BCUT2D eigenvalue weighted by Gasteiger charge is -2.12. The maximum absolute atomic E-state index is 12.0. The number of hydrogen-bond donors (Lipinski definition) is 1. The van der Waals surface area contributed by atoms with Gasteiger partial charge < -0.3 is 24.3 Å². The number of carbonyl (C=O) groups excluding carboxylic acids is 1. The minimum atomic E-state index is -0.229. The molecule has 0 aliphatic heterocycles. The highest BCUT2D eigenvalue weighted by Crippen LogP contribution is 2.28. The van der Waals surface area contributed by atoms with E-state index >= 15 is 0 Å². The van der Waals surface area contributed by atoms with Crippen LogP contribution in [0.3, 0.4) is 0 Å². The lowest BCUT2D eigenvalue weighted by molar-refractivity contribution is -0.123. The molecule has 6 nitrogen and oxygen atoms in total. The molecule has 2 aromatic rings. The molecule has 2 rings (SSSR count). The molecular formula is C22H27NO5. The van der Waals surface area contributed by atoms with Crippen molar-refractivity contribution in [3.8, 4) is 23.0 Å². The highest BCUT2D eigenvalue weighted by Gasteiger charge is 2.08. The van der Waals surface area contributed by atoms with E-state index in [2.05, 4.69) is 11.9 Å². The van der Waals surface area contributed by atoms with E-state index in [1.807, 2.05) is 49.4 Å². The molecule has 0 radical (unpaired) electrons. The number of allylic oxidation sites excluding steroid dienone is 1. The van der Waals surface area contributed by atoms with Gasteiger partial charge in [0, 0.05) is 0 Å². The zero-order chi connectivity index (χ0) is 20.2. The summed E-state index contributed by atoms with van der Waals surface area (Å²) in [4.78, 5) is 12.0. The molecule has 150 valence electrons. The number of benzene rings is 2. The van der Waals surface area contributed by atoms with Crippen LogP contribution >= 0.6 is 0 Å². The van der Waals surface area contributed by atoms with Crippen LogP contribution in [-0.4, -0.2) is 39.4 Å². The second-order valence-electron chi connectivity index (χ2n) is 5.87. The van der Waals surface area contributed by atoms with Gasteiger partial charge in [-0.15, -0.1) is 6.58 Å². The lowest BCUT2D eigenvalue weighted by atomic mass is 10.1. The van der Waals surface area contributed by atoms with E-state index in [0.29, 0.717) is 31.3 Å². The molecule has 0 atom stereocenters. The summed E-state index contributed by atoms with van der Waals surface area (Å²) in [6.45, 7) is 6.92. The fourth-order valence-corrected chi connectivity index (χ4v) is 2.48. The minimum absolute atomic E-state index is 0.0970. The van der Waals surface area contributed by atoms with Gasteiger partial charge in [-0.3, -0.25) is 4.79 Å². The molecule has 1 amide bonds. The van der Waals surface area contributed by atoms with E-state index in [0.717, 1.165) is 23.5 Å². The second kappa shape index (κ2) is 11.5. The SMILES string of the molecule is C=CCc1ccc(OCC(=O)NCCOc2ccc(OCC)cc2)c(OC)c1. The van der Waals surface area contributed by atoms with E-state index in [1.54, 1.807) is 13.2 Å². The Bertz CT molecular complexity index is 758. The number of carbonyl (C=O) groups is 1. The summed E-state index contributed by atoms with van der Waals surface area (Å²) in [5.41, 5.74) is 1.06. The predicted octanol–water partition coefficient (Wildman–Crippen LogP) is 3.40. The van der Waals surface area contributed by atoms with Crippen molar-refractivity contribution in [1.29, 1.82) is 0 Å². The minimum Gasteiger partial charge on any atom is -0.494 e. The first-order valence-electron chi connectivity index (χ1n) is 9.19. The molecule has 0 aliphatic rings. The molecule has 0 fully saturated rings. The third-order valence-electron chi connectivity index (χ3n) is 3.79. The first-order chi connectivity index (χ1) is 13.7. The van der Waals surface area contributed by atoms with Gasteiger partial charge in [0.25, 0.3) is 5.91 Å². The molecule has 0 bridgehead atoms. The first-order valence-corrected chi connectivity index (χ1v) is 9.19. The van der Waals surface area contributed by atoms with Crippen LogP contribution in [0.25, 0.3) is 0 Å². The van der Waals surface area contributed by atoms with E-state index in [1.165, 1.54) is 0 Å². The van der Waals surface area contributed by atoms with Crippen LogP contribution < -0.4 is 24.3 Å². The number of nitrogens with one attached hydrogen (secondary N) is 1. The first kappa shape index (κ1) is 21.2. The van der Waals surface area contributed by atoms with Crippen molar-refractivity contribution >= 4 is 5.91 Å². The summed E-state index contributed by atoms with van der Waals surface area (Å²) in [6, 6.07) is 12.9. The highest BCUT2D eigenvalue weighted by molar-refractivity contribution is 5.77. The van der Waals surface area contributed by atoms with Crippen LogP contribution in [0.15, 0.2) is 55.1 Å². The second-order valence-corrected chi connectivity index (χ2v) is 5.87. The van der Waals surface area contributed by atoms with E-state index in [-0.39, 0.29) is 12.5 Å². The molecule has 2 aromatic carbocycles. The molecule has 0 heterocycles. The van der Waals surface area contributed by atoms with Crippen molar-refractivity contribution in [2.45, 2.75) is 13.3 Å². The van der Waals surface area contributed by atoms with Crippen LogP contribution in [0.2, 0.25) is 0 Å². The summed E-state index contributed by atoms with van der Waals surface area (Å²) >= 11 is 0. The fraction of sp³-hybridized carbons (Fsp3) is 0.318. The van der Waals surface area contributed by atoms with Crippen molar-refractivity contribution in [3.63, 3.8) is 0 Å². The summed E-state index contributed by atoms with van der Waals surface area (Å²) in [5, 5.41) is 2.76. The molecule has 0 aromatic heterocycles. The molecule has 0 aliphatic carbocycles. The Morgan fingerprint density at radius 1 is 1.04 bits per heavy atom. The Morgan fingerprint density at radius 3 is 2.39 bits per heavy atom. The van der Waals surface area contributed by atoms with Crippen LogP contribution in [0.4, 0.5) is 0 Å². The summed E-state index contributed by atoms with van der Waals surface area (Å²) in [6.07, 6.45) is 2.56. The van der Waals surface area contributed by atoms with E-state index in [4.69, 9.17) is 18.9 Å². The average molecular weight is 385 g/mol.